The summed E-state index contributed by atoms with van der Waals surface area (Å²) in [6, 6.07) is 3.84. The van der Waals surface area contributed by atoms with Crippen LogP contribution >= 0.6 is 11.6 Å². The molecular formula is C13H13ClN4O2. The highest BCUT2D eigenvalue weighted by molar-refractivity contribution is 6.32. The van der Waals surface area contributed by atoms with Gasteiger partial charge < -0.3 is 5.11 Å². The Hall–Kier alpha value is -1.95. The molecule has 1 aromatic heterocycles. The zero-order valence-electron chi connectivity index (χ0n) is 11.0. The number of halogens is 1. The number of hydrogen-bond acceptors (Lipinski definition) is 4. The zero-order chi connectivity index (χ0) is 14.4. The van der Waals surface area contributed by atoms with Gasteiger partial charge in [-0.1, -0.05) is 17.7 Å². The average molecular weight is 293 g/mol. The summed E-state index contributed by atoms with van der Waals surface area (Å²) in [4.78, 5) is 11.0. The minimum absolute atomic E-state index is 0.140. The predicted octanol–water partition coefficient (Wildman–Crippen LogP) is 2.12. The van der Waals surface area contributed by atoms with Gasteiger partial charge in [0.15, 0.2) is 5.82 Å². The largest absolute Gasteiger partial charge is 0.481 e. The summed E-state index contributed by atoms with van der Waals surface area (Å²) in [6.07, 6.45) is 0.568. The van der Waals surface area contributed by atoms with Gasteiger partial charge in [-0.15, -0.1) is 5.10 Å². The van der Waals surface area contributed by atoms with E-state index in [0.717, 1.165) is 11.1 Å². The maximum absolute atomic E-state index is 11.0. The summed E-state index contributed by atoms with van der Waals surface area (Å²) in [5.74, 6) is -0.786. The number of aliphatic carboxylic acids is 1. The Morgan fingerprint density at radius 2 is 2.20 bits per heavy atom. The monoisotopic (exact) mass is 292 g/mol. The molecule has 0 bridgehead atoms. The number of carbonyl (C=O) groups is 1. The van der Waals surface area contributed by atoms with Crippen LogP contribution in [0.5, 0.6) is 0 Å². The van der Waals surface area contributed by atoms with E-state index < -0.39 is 11.9 Å². The van der Waals surface area contributed by atoms with Crippen LogP contribution in [0, 0.1) is 19.8 Å². The van der Waals surface area contributed by atoms with Gasteiger partial charge in [0.1, 0.15) is 0 Å². The van der Waals surface area contributed by atoms with Crippen LogP contribution in [-0.2, 0) is 4.79 Å². The van der Waals surface area contributed by atoms with E-state index in [2.05, 4.69) is 15.5 Å². The highest BCUT2D eigenvalue weighted by Crippen LogP contribution is 2.47. The fraction of sp³-hybridized carbons (Fsp3) is 0.385. The molecule has 3 rings (SSSR count). The third kappa shape index (κ3) is 2.06. The summed E-state index contributed by atoms with van der Waals surface area (Å²) >= 11 is 6.29. The van der Waals surface area contributed by atoms with Crippen LogP contribution in [0.3, 0.4) is 0 Å². The number of carboxylic acids is 1. The Kier molecular flexibility index (Phi) is 2.97. The van der Waals surface area contributed by atoms with E-state index >= 15 is 0 Å². The molecule has 7 heteroatoms. The van der Waals surface area contributed by atoms with Gasteiger partial charge in [0.2, 0.25) is 0 Å². The SMILES string of the molecule is Cc1cc(C)c(-n2nnnc2C2CC2C(=O)O)c(Cl)c1. The minimum Gasteiger partial charge on any atom is -0.481 e. The molecule has 6 nitrogen and oxygen atoms in total. The van der Waals surface area contributed by atoms with Crippen molar-refractivity contribution in [3.05, 3.63) is 34.1 Å². The summed E-state index contributed by atoms with van der Waals surface area (Å²) in [5, 5.41) is 21.2. The van der Waals surface area contributed by atoms with Crippen LogP contribution in [0.4, 0.5) is 0 Å². The molecule has 1 saturated carbocycles. The maximum atomic E-state index is 11.0. The average Bonchev–Trinajstić information content (AvgIpc) is 3.01. The van der Waals surface area contributed by atoms with Gasteiger partial charge in [0, 0.05) is 5.92 Å². The molecule has 1 heterocycles. The van der Waals surface area contributed by atoms with Crippen molar-refractivity contribution in [1.82, 2.24) is 20.2 Å². The first-order valence-electron chi connectivity index (χ1n) is 6.27. The lowest BCUT2D eigenvalue weighted by Crippen LogP contribution is -2.08. The summed E-state index contributed by atoms with van der Waals surface area (Å²) in [6.45, 7) is 3.89. The number of nitrogens with zero attached hydrogens (tertiary/aromatic N) is 4. The van der Waals surface area contributed by atoms with Crippen LogP contribution in [0.15, 0.2) is 12.1 Å². The Labute approximate surface area is 120 Å². The normalized spacial score (nSPS) is 20.9. The first kappa shape index (κ1) is 13.1. The van der Waals surface area contributed by atoms with Crippen molar-refractivity contribution in [3.8, 4) is 5.69 Å². The van der Waals surface area contributed by atoms with Crippen molar-refractivity contribution in [2.24, 2.45) is 5.92 Å². The van der Waals surface area contributed by atoms with E-state index in [-0.39, 0.29) is 5.92 Å². The Bertz CT molecular complexity index is 674. The molecule has 0 radical (unpaired) electrons. The molecule has 2 aromatic rings. The van der Waals surface area contributed by atoms with Crippen LogP contribution in [0.2, 0.25) is 5.02 Å². The van der Waals surface area contributed by atoms with E-state index in [1.807, 2.05) is 26.0 Å². The Morgan fingerprint density at radius 1 is 1.45 bits per heavy atom. The molecule has 1 N–H and O–H groups in total. The van der Waals surface area contributed by atoms with Gasteiger partial charge in [-0.25, -0.2) is 0 Å². The first-order valence-corrected chi connectivity index (χ1v) is 6.65. The second-order valence-electron chi connectivity index (χ2n) is 5.15. The van der Waals surface area contributed by atoms with E-state index in [1.54, 1.807) is 4.68 Å². The summed E-state index contributed by atoms with van der Waals surface area (Å²) < 4.78 is 1.56. The van der Waals surface area contributed by atoms with Crippen molar-refractivity contribution in [1.29, 1.82) is 0 Å². The highest BCUT2D eigenvalue weighted by Gasteiger charge is 2.48. The second kappa shape index (κ2) is 4.56. The molecule has 0 aliphatic heterocycles. The Balaban J connectivity index is 2.05. The van der Waals surface area contributed by atoms with Crippen molar-refractivity contribution >= 4 is 17.6 Å². The number of aryl methyl sites for hydroxylation is 2. The number of aromatic nitrogens is 4. The molecule has 2 unspecified atom stereocenters. The van der Waals surface area contributed by atoms with Crippen molar-refractivity contribution in [3.63, 3.8) is 0 Å². The van der Waals surface area contributed by atoms with E-state index in [0.29, 0.717) is 23.0 Å². The topological polar surface area (TPSA) is 80.9 Å². The fourth-order valence-electron chi connectivity index (χ4n) is 2.51. The summed E-state index contributed by atoms with van der Waals surface area (Å²) in [7, 11) is 0. The van der Waals surface area contributed by atoms with Crippen molar-refractivity contribution < 1.29 is 9.90 Å². The van der Waals surface area contributed by atoms with Crippen LogP contribution < -0.4 is 0 Å². The number of carboxylic acid groups (broad SMARTS) is 1. The first-order chi connectivity index (χ1) is 9.49. The van der Waals surface area contributed by atoms with Crippen LogP contribution in [0.1, 0.15) is 29.3 Å². The lowest BCUT2D eigenvalue weighted by atomic mass is 10.1. The lowest BCUT2D eigenvalue weighted by Gasteiger charge is -2.10. The number of benzene rings is 1. The molecule has 1 aromatic carbocycles. The van der Waals surface area contributed by atoms with E-state index in [4.69, 9.17) is 16.7 Å². The van der Waals surface area contributed by atoms with Gasteiger partial charge in [-0.2, -0.15) is 4.68 Å². The number of tetrazole rings is 1. The lowest BCUT2D eigenvalue weighted by molar-refractivity contribution is -0.138. The molecular weight excluding hydrogens is 280 g/mol. The fourth-order valence-corrected chi connectivity index (χ4v) is 2.92. The predicted molar refractivity (Wildman–Crippen MR) is 72.1 cm³/mol. The molecule has 104 valence electrons. The van der Waals surface area contributed by atoms with E-state index in [1.165, 1.54) is 0 Å². The van der Waals surface area contributed by atoms with Crippen LogP contribution in [0.25, 0.3) is 5.69 Å². The van der Waals surface area contributed by atoms with Gasteiger partial charge >= 0.3 is 5.97 Å². The Morgan fingerprint density at radius 3 is 2.80 bits per heavy atom. The number of rotatable bonds is 3. The quantitative estimate of drug-likeness (QED) is 0.937. The zero-order valence-corrected chi connectivity index (χ0v) is 11.8. The molecule has 0 amide bonds. The molecule has 20 heavy (non-hydrogen) atoms. The maximum Gasteiger partial charge on any atom is 0.307 e. The van der Waals surface area contributed by atoms with Crippen molar-refractivity contribution in [2.75, 3.05) is 0 Å². The highest BCUT2D eigenvalue weighted by atomic mass is 35.5. The van der Waals surface area contributed by atoms with Gasteiger partial charge in [-0.3, -0.25) is 4.79 Å². The van der Waals surface area contributed by atoms with E-state index in [9.17, 15) is 4.79 Å². The van der Waals surface area contributed by atoms with Gasteiger partial charge in [0.05, 0.1) is 16.6 Å². The van der Waals surface area contributed by atoms with Gasteiger partial charge in [-0.05, 0) is 47.9 Å². The smallest absolute Gasteiger partial charge is 0.307 e. The second-order valence-corrected chi connectivity index (χ2v) is 5.56. The molecule has 0 saturated heterocycles. The third-order valence-electron chi connectivity index (χ3n) is 3.54. The molecule has 1 aliphatic rings. The van der Waals surface area contributed by atoms with Crippen LogP contribution in [-0.4, -0.2) is 31.3 Å². The molecule has 1 aliphatic carbocycles. The van der Waals surface area contributed by atoms with Gasteiger partial charge in [0.25, 0.3) is 0 Å². The molecule has 2 atom stereocenters. The molecule has 1 fully saturated rings. The number of hydrogen-bond donors (Lipinski definition) is 1. The summed E-state index contributed by atoms with van der Waals surface area (Å²) in [5.41, 5.74) is 2.73. The standard InChI is InChI=1S/C13H13ClN4O2/c1-6-3-7(2)11(10(14)4-6)18-12(15-16-17-18)8-5-9(8)13(19)20/h3-4,8-9H,5H2,1-2H3,(H,19,20). The minimum atomic E-state index is -0.809. The third-order valence-corrected chi connectivity index (χ3v) is 3.83. The van der Waals surface area contributed by atoms with Crippen molar-refractivity contribution in [2.45, 2.75) is 26.2 Å². The molecule has 0 spiro atoms.